The lowest BCUT2D eigenvalue weighted by molar-refractivity contribution is -0.140. The third kappa shape index (κ3) is 4.71. The highest BCUT2D eigenvalue weighted by Gasteiger charge is 2.10. The van der Waals surface area contributed by atoms with Gasteiger partial charge in [0.05, 0.1) is 7.11 Å². The summed E-state index contributed by atoms with van der Waals surface area (Å²) in [6, 6.07) is -0.617. The Balaban J connectivity index is 4.03. The highest BCUT2D eigenvalue weighted by Crippen LogP contribution is 2.13. The Morgan fingerprint density at radius 1 is 1.75 bits per heavy atom. The molecule has 0 bridgehead atoms. The normalized spacial score (nSPS) is 14.2. The van der Waals surface area contributed by atoms with Crippen LogP contribution in [0.25, 0.3) is 0 Å². The zero-order valence-electron chi connectivity index (χ0n) is 7.34. The van der Waals surface area contributed by atoms with E-state index in [-0.39, 0.29) is 5.97 Å². The topological polar surface area (TPSA) is 52.3 Å². The van der Waals surface area contributed by atoms with Gasteiger partial charge in [-0.25, -0.2) is 0 Å². The highest BCUT2D eigenvalue weighted by molar-refractivity contribution is 14.1. The standard InChI is InChI=1S/C8H14INO2/c1-3-4-6(9)5-7(10)8(11)12-2/h5,7H,3-4,10H2,1-2H3/b6-5+. The molecule has 0 saturated heterocycles. The molecule has 1 atom stereocenters. The maximum absolute atomic E-state index is 10.9. The number of methoxy groups -OCH3 is 1. The van der Waals surface area contributed by atoms with Crippen LogP contribution in [0.1, 0.15) is 19.8 Å². The SMILES string of the molecule is CCC/C(I)=C\C(N)C(=O)OC. The van der Waals surface area contributed by atoms with E-state index in [1.54, 1.807) is 6.08 Å². The fourth-order valence-electron chi connectivity index (χ4n) is 0.721. The summed E-state index contributed by atoms with van der Waals surface area (Å²) in [6.07, 6.45) is 3.75. The lowest BCUT2D eigenvalue weighted by Gasteiger charge is -2.04. The second-order valence-corrected chi connectivity index (χ2v) is 3.80. The molecule has 0 aromatic carbocycles. The van der Waals surface area contributed by atoms with Crippen LogP contribution < -0.4 is 5.73 Å². The van der Waals surface area contributed by atoms with E-state index in [4.69, 9.17) is 5.73 Å². The molecule has 0 saturated carbocycles. The van der Waals surface area contributed by atoms with Crippen molar-refractivity contribution in [3.05, 3.63) is 9.66 Å². The fourth-order valence-corrected chi connectivity index (χ4v) is 1.65. The van der Waals surface area contributed by atoms with E-state index in [0.29, 0.717) is 0 Å². The van der Waals surface area contributed by atoms with Crippen molar-refractivity contribution in [1.82, 2.24) is 0 Å². The fraction of sp³-hybridized carbons (Fsp3) is 0.625. The van der Waals surface area contributed by atoms with E-state index in [0.717, 1.165) is 16.4 Å². The van der Waals surface area contributed by atoms with Crippen molar-refractivity contribution in [1.29, 1.82) is 0 Å². The molecule has 0 aliphatic heterocycles. The quantitative estimate of drug-likeness (QED) is 0.630. The number of ether oxygens (including phenoxy) is 1. The van der Waals surface area contributed by atoms with E-state index in [1.807, 2.05) is 0 Å². The Labute approximate surface area is 86.5 Å². The lowest BCUT2D eigenvalue weighted by atomic mass is 10.2. The molecule has 0 aliphatic carbocycles. The molecule has 0 rings (SSSR count). The van der Waals surface area contributed by atoms with Crippen LogP contribution in [-0.4, -0.2) is 19.1 Å². The van der Waals surface area contributed by atoms with Crippen LogP contribution in [0.2, 0.25) is 0 Å². The summed E-state index contributed by atoms with van der Waals surface area (Å²) in [6.45, 7) is 2.08. The molecule has 12 heavy (non-hydrogen) atoms. The van der Waals surface area contributed by atoms with Gasteiger partial charge in [-0.3, -0.25) is 4.79 Å². The number of hydrogen-bond donors (Lipinski definition) is 1. The van der Waals surface area contributed by atoms with Gasteiger partial charge in [0, 0.05) is 0 Å². The summed E-state index contributed by atoms with van der Waals surface area (Å²) in [4.78, 5) is 10.9. The number of rotatable bonds is 4. The predicted octanol–water partition coefficient (Wildman–Crippen LogP) is 1.61. The average molecular weight is 283 g/mol. The molecule has 0 aliphatic rings. The Hall–Kier alpha value is -0.100. The third-order valence-electron chi connectivity index (χ3n) is 1.32. The summed E-state index contributed by atoms with van der Waals surface area (Å²) in [7, 11) is 1.34. The monoisotopic (exact) mass is 283 g/mol. The average Bonchev–Trinajstić information content (AvgIpc) is 2.03. The molecule has 0 heterocycles. The molecular weight excluding hydrogens is 269 g/mol. The molecule has 2 N–H and O–H groups in total. The molecule has 0 radical (unpaired) electrons. The minimum atomic E-state index is -0.617. The first-order chi connectivity index (χ1) is 5.61. The van der Waals surface area contributed by atoms with Crippen LogP contribution in [0.5, 0.6) is 0 Å². The molecular formula is C8H14INO2. The number of hydrogen-bond acceptors (Lipinski definition) is 3. The summed E-state index contributed by atoms with van der Waals surface area (Å²) in [5, 5.41) is 0. The minimum absolute atomic E-state index is 0.389. The zero-order chi connectivity index (χ0) is 9.56. The molecule has 0 amide bonds. The maximum atomic E-state index is 10.9. The molecule has 0 aromatic heterocycles. The first kappa shape index (κ1) is 11.9. The Bertz CT molecular complexity index is 180. The molecule has 0 spiro atoms. The smallest absolute Gasteiger partial charge is 0.326 e. The van der Waals surface area contributed by atoms with Crippen molar-refractivity contribution in [3.8, 4) is 0 Å². The van der Waals surface area contributed by atoms with Gasteiger partial charge in [-0.05, 0) is 38.7 Å². The van der Waals surface area contributed by atoms with Crippen LogP contribution in [0.3, 0.4) is 0 Å². The van der Waals surface area contributed by atoms with Gasteiger partial charge in [-0.15, -0.1) is 0 Å². The van der Waals surface area contributed by atoms with Crippen molar-refractivity contribution in [2.24, 2.45) is 5.73 Å². The summed E-state index contributed by atoms with van der Waals surface area (Å²) < 4.78 is 5.58. The number of allylic oxidation sites excluding steroid dienone is 1. The van der Waals surface area contributed by atoms with Crippen molar-refractivity contribution >= 4 is 28.6 Å². The molecule has 0 fully saturated rings. The number of halogens is 1. The molecule has 70 valence electrons. The third-order valence-corrected chi connectivity index (χ3v) is 2.22. The van der Waals surface area contributed by atoms with Crippen molar-refractivity contribution in [2.75, 3.05) is 7.11 Å². The van der Waals surface area contributed by atoms with Gasteiger partial charge in [0.2, 0.25) is 0 Å². The first-order valence-electron chi connectivity index (χ1n) is 3.81. The Kier molecular flexibility index (Phi) is 6.37. The van der Waals surface area contributed by atoms with E-state index in [1.165, 1.54) is 7.11 Å². The number of esters is 1. The molecule has 1 unspecified atom stereocenters. The number of carbonyl (C=O) groups is 1. The molecule has 0 aromatic rings. The van der Waals surface area contributed by atoms with Crippen LogP contribution in [0.15, 0.2) is 9.66 Å². The lowest BCUT2D eigenvalue weighted by Crippen LogP contribution is -2.29. The van der Waals surface area contributed by atoms with Gasteiger partial charge in [0.15, 0.2) is 0 Å². The van der Waals surface area contributed by atoms with Crippen LogP contribution in [0, 0.1) is 0 Å². The number of carbonyl (C=O) groups excluding carboxylic acids is 1. The van der Waals surface area contributed by atoms with Gasteiger partial charge >= 0.3 is 5.97 Å². The highest BCUT2D eigenvalue weighted by atomic mass is 127. The maximum Gasteiger partial charge on any atom is 0.326 e. The van der Waals surface area contributed by atoms with E-state index >= 15 is 0 Å². The van der Waals surface area contributed by atoms with Gasteiger partial charge < -0.3 is 10.5 Å². The Morgan fingerprint density at radius 2 is 2.33 bits per heavy atom. The van der Waals surface area contributed by atoms with Crippen molar-refractivity contribution in [3.63, 3.8) is 0 Å². The summed E-state index contributed by atoms with van der Waals surface area (Å²) in [5.74, 6) is -0.389. The van der Waals surface area contributed by atoms with Gasteiger partial charge in [-0.1, -0.05) is 13.3 Å². The van der Waals surface area contributed by atoms with E-state index in [2.05, 4.69) is 34.3 Å². The first-order valence-corrected chi connectivity index (χ1v) is 4.89. The van der Waals surface area contributed by atoms with Crippen molar-refractivity contribution < 1.29 is 9.53 Å². The summed E-state index contributed by atoms with van der Waals surface area (Å²) in [5.41, 5.74) is 5.50. The Morgan fingerprint density at radius 3 is 2.75 bits per heavy atom. The predicted molar refractivity (Wildman–Crippen MR) is 57.0 cm³/mol. The van der Waals surface area contributed by atoms with E-state index < -0.39 is 6.04 Å². The van der Waals surface area contributed by atoms with Gasteiger partial charge in [0.25, 0.3) is 0 Å². The second-order valence-electron chi connectivity index (χ2n) is 2.41. The molecule has 4 heteroatoms. The van der Waals surface area contributed by atoms with Gasteiger partial charge in [-0.2, -0.15) is 0 Å². The summed E-state index contributed by atoms with van der Waals surface area (Å²) >= 11 is 2.18. The minimum Gasteiger partial charge on any atom is -0.468 e. The second kappa shape index (κ2) is 6.42. The van der Waals surface area contributed by atoms with Gasteiger partial charge in [0.1, 0.15) is 6.04 Å². The van der Waals surface area contributed by atoms with Crippen LogP contribution >= 0.6 is 22.6 Å². The largest absolute Gasteiger partial charge is 0.468 e. The van der Waals surface area contributed by atoms with E-state index in [9.17, 15) is 4.79 Å². The van der Waals surface area contributed by atoms with Crippen LogP contribution in [0.4, 0.5) is 0 Å². The molecule has 3 nitrogen and oxygen atoms in total. The number of nitrogens with two attached hydrogens (primary N) is 1. The van der Waals surface area contributed by atoms with Crippen molar-refractivity contribution in [2.45, 2.75) is 25.8 Å². The van der Waals surface area contributed by atoms with Crippen LogP contribution in [-0.2, 0) is 9.53 Å². The zero-order valence-corrected chi connectivity index (χ0v) is 9.50.